The Kier molecular flexibility index (Phi) is 3.22. The number of benzene rings is 1. The van der Waals surface area contributed by atoms with Gasteiger partial charge >= 0.3 is 5.63 Å². The fourth-order valence-electron chi connectivity index (χ4n) is 2.48. The summed E-state index contributed by atoms with van der Waals surface area (Å²) in [6, 6.07) is 11.2. The maximum Gasteiger partial charge on any atom is 0.346 e. The minimum absolute atomic E-state index is 0.365. The number of aryl methyl sites for hydroxylation is 2. The second-order valence-electron chi connectivity index (χ2n) is 4.94. The van der Waals surface area contributed by atoms with Crippen LogP contribution in [-0.2, 0) is 0 Å². The highest BCUT2D eigenvalue weighted by atomic mass is 16.5. The quantitative estimate of drug-likeness (QED) is 0.721. The smallest absolute Gasteiger partial charge is 0.346 e. The predicted molar refractivity (Wildman–Crippen MR) is 81.7 cm³/mol. The number of fused-ring (bicyclic) bond motifs is 1. The van der Waals surface area contributed by atoms with Crippen molar-refractivity contribution in [2.75, 3.05) is 7.11 Å². The number of ether oxygens (including phenoxy) is 1. The molecule has 0 N–H and O–H groups in total. The minimum atomic E-state index is -0.365. The molecule has 0 radical (unpaired) electrons. The highest BCUT2D eigenvalue weighted by Gasteiger charge is 2.10. The Hall–Kier alpha value is -2.62. The fourth-order valence-corrected chi connectivity index (χ4v) is 2.48. The van der Waals surface area contributed by atoms with Crippen LogP contribution in [-0.4, -0.2) is 12.1 Å². The first-order valence-electron chi connectivity index (χ1n) is 6.65. The largest absolute Gasteiger partial charge is 0.497 e. The van der Waals surface area contributed by atoms with Crippen molar-refractivity contribution in [2.24, 2.45) is 0 Å². The Bertz CT molecular complexity index is 881. The van der Waals surface area contributed by atoms with E-state index < -0.39 is 0 Å². The molecule has 2 aromatic heterocycles. The topological polar surface area (TPSA) is 52.3 Å². The molecule has 0 bridgehead atoms. The SMILES string of the molecule is COc1cccc(-c2cc3cc(C)nc(C)c3c(=O)o2)c1. The number of hydrogen-bond acceptors (Lipinski definition) is 4. The maximum atomic E-state index is 12.2. The van der Waals surface area contributed by atoms with Crippen molar-refractivity contribution in [3.05, 3.63) is 58.2 Å². The third kappa shape index (κ3) is 2.40. The van der Waals surface area contributed by atoms with Gasteiger partial charge in [-0.25, -0.2) is 4.79 Å². The number of methoxy groups -OCH3 is 1. The molecule has 0 atom stereocenters. The molecule has 2 heterocycles. The summed E-state index contributed by atoms with van der Waals surface area (Å²) >= 11 is 0. The standard InChI is InChI=1S/C17H15NO3/c1-10-7-13-9-15(12-5-4-6-14(8-12)20-3)21-17(19)16(13)11(2)18-10/h4-9H,1-3H3. The molecule has 0 saturated carbocycles. The zero-order valence-electron chi connectivity index (χ0n) is 12.1. The zero-order valence-corrected chi connectivity index (χ0v) is 12.1. The van der Waals surface area contributed by atoms with E-state index in [9.17, 15) is 4.79 Å². The van der Waals surface area contributed by atoms with Crippen molar-refractivity contribution in [1.82, 2.24) is 4.98 Å². The lowest BCUT2D eigenvalue weighted by Gasteiger charge is -2.06. The van der Waals surface area contributed by atoms with Crippen LogP contribution in [0.15, 0.2) is 45.6 Å². The van der Waals surface area contributed by atoms with E-state index in [4.69, 9.17) is 9.15 Å². The van der Waals surface area contributed by atoms with Gasteiger partial charge in [-0.1, -0.05) is 12.1 Å². The van der Waals surface area contributed by atoms with Crippen LogP contribution in [0.3, 0.4) is 0 Å². The van der Waals surface area contributed by atoms with Crippen LogP contribution in [0.4, 0.5) is 0 Å². The molecule has 0 aliphatic rings. The molecule has 4 nitrogen and oxygen atoms in total. The van der Waals surface area contributed by atoms with Gasteiger partial charge in [0.05, 0.1) is 18.2 Å². The van der Waals surface area contributed by atoms with Crippen LogP contribution >= 0.6 is 0 Å². The Morgan fingerprint density at radius 2 is 1.95 bits per heavy atom. The summed E-state index contributed by atoms with van der Waals surface area (Å²) < 4.78 is 10.6. The lowest BCUT2D eigenvalue weighted by atomic mass is 10.1. The van der Waals surface area contributed by atoms with Crippen LogP contribution < -0.4 is 10.4 Å². The summed E-state index contributed by atoms with van der Waals surface area (Å²) in [5, 5.41) is 1.38. The Balaban J connectivity index is 2.27. The van der Waals surface area contributed by atoms with Crippen molar-refractivity contribution in [2.45, 2.75) is 13.8 Å². The second-order valence-corrected chi connectivity index (χ2v) is 4.94. The molecule has 0 unspecified atom stereocenters. The van der Waals surface area contributed by atoms with Gasteiger partial charge in [0.25, 0.3) is 0 Å². The van der Waals surface area contributed by atoms with Gasteiger partial charge in [-0.15, -0.1) is 0 Å². The molecular formula is C17H15NO3. The molecule has 0 spiro atoms. The molecule has 0 aliphatic heterocycles. The van der Waals surface area contributed by atoms with Gasteiger partial charge in [-0.2, -0.15) is 0 Å². The minimum Gasteiger partial charge on any atom is -0.497 e. The first-order valence-corrected chi connectivity index (χ1v) is 6.65. The van der Waals surface area contributed by atoms with Gasteiger partial charge in [-0.05, 0) is 43.5 Å². The van der Waals surface area contributed by atoms with Crippen LogP contribution in [0.1, 0.15) is 11.4 Å². The number of nitrogens with zero attached hydrogens (tertiary/aromatic N) is 1. The molecule has 106 valence electrons. The van der Waals surface area contributed by atoms with Crippen molar-refractivity contribution in [3.8, 4) is 17.1 Å². The molecule has 21 heavy (non-hydrogen) atoms. The zero-order chi connectivity index (χ0) is 15.0. The maximum absolute atomic E-state index is 12.2. The average molecular weight is 281 g/mol. The molecule has 4 heteroatoms. The molecule has 0 saturated heterocycles. The first kappa shape index (κ1) is 13.4. The highest BCUT2D eigenvalue weighted by molar-refractivity contribution is 5.86. The van der Waals surface area contributed by atoms with Crippen molar-refractivity contribution >= 4 is 10.8 Å². The number of hydrogen-bond donors (Lipinski definition) is 0. The summed E-state index contributed by atoms with van der Waals surface area (Å²) in [6.07, 6.45) is 0. The van der Waals surface area contributed by atoms with Gasteiger partial charge in [-0.3, -0.25) is 4.98 Å². The van der Waals surface area contributed by atoms with E-state index in [0.717, 1.165) is 22.4 Å². The third-order valence-electron chi connectivity index (χ3n) is 3.41. The Morgan fingerprint density at radius 3 is 2.71 bits per heavy atom. The van der Waals surface area contributed by atoms with Gasteiger partial charge in [0.1, 0.15) is 11.5 Å². The molecule has 3 rings (SSSR count). The van der Waals surface area contributed by atoms with Crippen LogP contribution in [0, 0.1) is 13.8 Å². The molecule has 0 amide bonds. The molecule has 3 aromatic rings. The van der Waals surface area contributed by atoms with E-state index >= 15 is 0 Å². The van der Waals surface area contributed by atoms with Crippen molar-refractivity contribution in [1.29, 1.82) is 0 Å². The molecule has 0 aliphatic carbocycles. The summed E-state index contributed by atoms with van der Waals surface area (Å²) in [7, 11) is 1.61. The fraction of sp³-hybridized carbons (Fsp3) is 0.176. The summed E-state index contributed by atoms with van der Waals surface area (Å²) in [4.78, 5) is 16.5. The predicted octanol–water partition coefficient (Wildman–Crippen LogP) is 3.48. The van der Waals surface area contributed by atoms with Gasteiger partial charge in [0, 0.05) is 11.3 Å². The lowest BCUT2D eigenvalue weighted by Crippen LogP contribution is -2.04. The monoisotopic (exact) mass is 281 g/mol. The first-order chi connectivity index (χ1) is 10.1. The van der Waals surface area contributed by atoms with Crippen molar-refractivity contribution in [3.63, 3.8) is 0 Å². The van der Waals surface area contributed by atoms with E-state index in [2.05, 4.69) is 4.98 Å². The Morgan fingerprint density at radius 1 is 1.14 bits per heavy atom. The van der Waals surface area contributed by atoms with Gasteiger partial charge < -0.3 is 9.15 Å². The Labute approximate surface area is 122 Å². The summed E-state index contributed by atoms with van der Waals surface area (Å²) in [5.74, 6) is 1.24. The number of rotatable bonds is 2. The van der Waals surface area contributed by atoms with E-state index in [1.54, 1.807) is 7.11 Å². The van der Waals surface area contributed by atoms with Crippen LogP contribution in [0.25, 0.3) is 22.1 Å². The lowest BCUT2D eigenvalue weighted by molar-refractivity contribution is 0.414. The normalized spacial score (nSPS) is 10.8. The van der Waals surface area contributed by atoms with E-state index in [1.807, 2.05) is 50.2 Å². The summed E-state index contributed by atoms with van der Waals surface area (Å²) in [5.41, 5.74) is 2.01. The van der Waals surface area contributed by atoms with Crippen molar-refractivity contribution < 1.29 is 9.15 Å². The van der Waals surface area contributed by atoms with Crippen LogP contribution in [0.2, 0.25) is 0 Å². The van der Waals surface area contributed by atoms with E-state index in [1.165, 1.54) is 0 Å². The van der Waals surface area contributed by atoms with E-state index in [0.29, 0.717) is 16.8 Å². The molecular weight excluding hydrogens is 266 g/mol. The van der Waals surface area contributed by atoms with Gasteiger partial charge in [0.15, 0.2) is 0 Å². The second kappa shape index (κ2) is 5.05. The third-order valence-corrected chi connectivity index (χ3v) is 3.41. The highest BCUT2D eigenvalue weighted by Crippen LogP contribution is 2.26. The molecule has 1 aromatic carbocycles. The average Bonchev–Trinajstić information content (AvgIpc) is 2.46. The van der Waals surface area contributed by atoms with Gasteiger partial charge in [0.2, 0.25) is 0 Å². The summed E-state index contributed by atoms with van der Waals surface area (Å²) in [6.45, 7) is 3.73. The number of aromatic nitrogens is 1. The van der Waals surface area contributed by atoms with E-state index in [-0.39, 0.29) is 5.63 Å². The molecule has 0 fully saturated rings. The van der Waals surface area contributed by atoms with Crippen LogP contribution in [0.5, 0.6) is 5.75 Å². The number of pyridine rings is 1.